The third-order valence-corrected chi connectivity index (χ3v) is 9.05. The van der Waals surface area contributed by atoms with E-state index in [4.69, 9.17) is 9.79 Å². The summed E-state index contributed by atoms with van der Waals surface area (Å²) < 4.78 is 15.3. The Labute approximate surface area is 278 Å². The maximum Gasteiger partial charge on any atom is 0.469 e. The molecule has 1 atom stereocenters. The summed E-state index contributed by atoms with van der Waals surface area (Å²) in [7, 11) is -4.35. The van der Waals surface area contributed by atoms with Crippen LogP contribution in [-0.4, -0.2) is 16.4 Å². The molecule has 0 fully saturated rings. The van der Waals surface area contributed by atoms with Crippen LogP contribution in [0.3, 0.4) is 0 Å². The number of phosphoric acid groups is 1. The first-order valence-corrected chi connectivity index (χ1v) is 19.0. The first-order valence-electron chi connectivity index (χ1n) is 17.5. The second-order valence-corrected chi connectivity index (χ2v) is 14.9. The van der Waals surface area contributed by atoms with Crippen molar-refractivity contribution in [3.05, 3.63) is 85.1 Å². The molecule has 0 aromatic heterocycles. The zero-order valence-corrected chi connectivity index (χ0v) is 30.3. The number of hydrogen-bond donors (Lipinski definition) is 2. The topological polar surface area (TPSA) is 66.8 Å². The second-order valence-electron chi connectivity index (χ2n) is 13.7. The molecule has 0 radical (unpaired) electrons. The highest BCUT2D eigenvalue weighted by Gasteiger charge is 2.14. The SMILES string of the molecule is C=C(C)CCCC(=C)CCCC(=C)CCCC(=C)CCCC(=C)CCCC(=C)CCCC(=C)CCC[C@@H](C)CCOP(=O)(O)O. The normalized spacial score (nSPS) is 12.1. The Bertz CT molecular complexity index is 982. The number of allylic oxidation sites excluding steroid dienone is 7. The molecule has 2 N–H and O–H groups in total. The molecule has 0 aromatic rings. The van der Waals surface area contributed by atoms with Crippen LogP contribution in [0.2, 0.25) is 0 Å². The summed E-state index contributed by atoms with van der Waals surface area (Å²) in [6.45, 7) is 34.0. The van der Waals surface area contributed by atoms with Gasteiger partial charge in [0.15, 0.2) is 0 Å². The molecule has 258 valence electrons. The van der Waals surface area contributed by atoms with Gasteiger partial charge < -0.3 is 9.79 Å². The maximum atomic E-state index is 10.8. The zero-order valence-electron chi connectivity index (χ0n) is 29.4. The van der Waals surface area contributed by atoms with Crippen LogP contribution in [0.5, 0.6) is 0 Å². The van der Waals surface area contributed by atoms with Crippen LogP contribution in [-0.2, 0) is 9.09 Å². The lowest BCUT2D eigenvalue weighted by Crippen LogP contribution is -2.01. The fraction of sp³-hybridized carbons (Fsp3) is 0.650. The van der Waals surface area contributed by atoms with Gasteiger partial charge in [0, 0.05) is 0 Å². The van der Waals surface area contributed by atoms with Crippen molar-refractivity contribution >= 4 is 7.82 Å². The molecule has 0 heterocycles. The predicted molar refractivity (Wildman–Crippen MR) is 198 cm³/mol. The van der Waals surface area contributed by atoms with Crippen molar-refractivity contribution in [3.63, 3.8) is 0 Å². The summed E-state index contributed by atoms with van der Waals surface area (Å²) >= 11 is 0. The molecule has 5 heteroatoms. The van der Waals surface area contributed by atoms with E-state index in [9.17, 15) is 4.57 Å². The summed E-state index contributed by atoms with van der Waals surface area (Å²) in [5, 5.41) is 0. The molecular weight excluding hydrogens is 575 g/mol. The molecule has 0 saturated carbocycles. The Balaban J connectivity index is 3.75. The van der Waals surface area contributed by atoms with Crippen LogP contribution >= 0.6 is 7.82 Å². The van der Waals surface area contributed by atoms with Crippen molar-refractivity contribution in [2.75, 3.05) is 6.61 Å². The first-order chi connectivity index (χ1) is 21.2. The average Bonchev–Trinajstić information content (AvgIpc) is 2.92. The summed E-state index contributed by atoms with van der Waals surface area (Å²) in [5.74, 6) is 0.377. The first kappa shape index (κ1) is 43.3. The molecule has 4 nitrogen and oxygen atoms in total. The highest BCUT2D eigenvalue weighted by atomic mass is 31.2. The minimum absolute atomic E-state index is 0.102. The Morgan fingerprint density at radius 1 is 0.511 bits per heavy atom. The molecule has 45 heavy (non-hydrogen) atoms. The average molecular weight is 645 g/mol. The van der Waals surface area contributed by atoms with E-state index in [2.05, 4.69) is 64.4 Å². The molecular formula is C40H69O4P. The van der Waals surface area contributed by atoms with E-state index in [1.165, 1.54) is 51.9 Å². The molecule has 0 amide bonds. The van der Waals surface area contributed by atoms with Crippen LogP contribution < -0.4 is 0 Å². The predicted octanol–water partition coefficient (Wildman–Crippen LogP) is 13.2. The highest BCUT2D eigenvalue weighted by Crippen LogP contribution is 2.36. The maximum absolute atomic E-state index is 10.8. The van der Waals surface area contributed by atoms with Crippen LogP contribution in [0.4, 0.5) is 0 Å². The number of phosphoric ester groups is 1. The van der Waals surface area contributed by atoms with Gasteiger partial charge in [0.05, 0.1) is 6.61 Å². The van der Waals surface area contributed by atoms with Gasteiger partial charge in [-0.3, -0.25) is 4.52 Å². The van der Waals surface area contributed by atoms with Gasteiger partial charge in [-0.2, -0.15) is 0 Å². The van der Waals surface area contributed by atoms with Crippen LogP contribution in [0, 0.1) is 5.92 Å². The van der Waals surface area contributed by atoms with Crippen molar-refractivity contribution in [2.24, 2.45) is 5.92 Å². The van der Waals surface area contributed by atoms with Gasteiger partial charge in [-0.05, 0) is 148 Å². The van der Waals surface area contributed by atoms with Crippen LogP contribution in [0.25, 0.3) is 0 Å². The molecule has 0 spiro atoms. The minimum Gasteiger partial charge on any atom is -0.303 e. The van der Waals surface area contributed by atoms with Gasteiger partial charge >= 0.3 is 7.82 Å². The molecule has 0 aliphatic heterocycles. The molecule has 0 rings (SSSR count). The third-order valence-electron chi connectivity index (χ3n) is 8.53. The third kappa shape index (κ3) is 30.7. The van der Waals surface area contributed by atoms with Gasteiger partial charge in [-0.25, -0.2) is 4.57 Å². The van der Waals surface area contributed by atoms with E-state index in [0.29, 0.717) is 12.3 Å². The lowest BCUT2D eigenvalue weighted by molar-refractivity contribution is 0.184. The summed E-state index contributed by atoms with van der Waals surface area (Å²) in [6.07, 6.45) is 23.7. The van der Waals surface area contributed by atoms with Gasteiger partial charge in [-0.15, -0.1) is 6.58 Å². The molecule has 0 aromatic carbocycles. The van der Waals surface area contributed by atoms with Gasteiger partial charge in [0.2, 0.25) is 0 Å². The van der Waals surface area contributed by atoms with E-state index < -0.39 is 7.82 Å². The zero-order chi connectivity index (χ0) is 34.1. The van der Waals surface area contributed by atoms with Crippen molar-refractivity contribution in [2.45, 2.75) is 155 Å². The standard InChI is InChI=1S/C40H69O4P/c1-33(2)17-10-18-34(3)19-11-20-35(4)21-12-22-36(5)23-13-24-37(6)25-14-26-38(7)27-15-28-39(8)29-16-30-40(9)31-32-44-45(41,42)43/h40H,1,3-8,10-32H2,2,9H3,(H2,41,42,43)/t40-/m1/s1. The second kappa shape index (κ2) is 26.4. The van der Waals surface area contributed by atoms with Gasteiger partial charge in [0.25, 0.3) is 0 Å². The molecule has 0 aliphatic carbocycles. The molecule has 0 saturated heterocycles. The van der Waals surface area contributed by atoms with E-state index in [-0.39, 0.29) is 6.61 Å². The van der Waals surface area contributed by atoms with Gasteiger partial charge in [0.1, 0.15) is 0 Å². The summed E-state index contributed by atoms with van der Waals surface area (Å²) in [5.41, 5.74) is 9.31. The van der Waals surface area contributed by atoms with E-state index in [0.717, 1.165) is 122 Å². The lowest BCUT2D eigenvalue weighted by Gasteiger charge is -2.13. The van der Waals surface area contributed by atoms with Crippen LogP contribution in [0.15, 0.2) is 85.1 Å². The fourth-order valence-electron chi connectivity index (χ4n) is 5.55. The fourth-order valence-corrected chi connectivity index (χ4v) is 5.89. The Kier molecular flexibility index (Phi) is 25.4. The monoisotopic (exact) mass is 644 g/mol. The van der Waals surface area contributed by atoms with Crippen molar-refractivity contribution < 1.29 is 18.9 Å². The Morgan fingerprint density at radius 2 is 0.778 bits per heavy atom. The highest BCUT2D eigenvalue weighted by molar-refractivity contribution is 7.46. The quantitative estimate of drug-likeness (QED) is 0.0565. The molecule has 0 bridgehead atoms. The van der Waals surface area contributed by atoms with Crippen molar-refractivity contribution in [1.82, 2.24) is 0 Å². The largest absolute Gasteiger partial charge is 0.469 e. The number of hydrogen-bond acceptors (Lipinski definition) is 2. The smallest absolute Gasteiger partial charge is 0.303 e. The van der Waals surface area contributed by atoms with E-state index in [1.807, 2.05) is 0 Å². The van der Waals surface area contributed by atoms with Crippen LogP contribution in [0.1, 0.15) is 155 Å². The summed E-state index contributed by atoms with van der Waals surface area (Å²) in [4.78, 5) is 17.5. The van der Waals surface area contributed by atoms with Gasteiger partial charge in [-0.1, -0.05) is 91.8 Å². The van der Waals surface area contributed by atoms with E-state index >= 15 is 0 Å². The minimum atomic E-state index is -4.35. The van der Waals surface area contributed by atoms with Crippen molar-refractivity contribution in [3.8, 4) is 0 Å². The molecule has 0 unspecified atom stereocenters. The molecule has 0 aliphatic rings. The Hall–Kier alpha value is -1.71. The van der Waals surface area contributed by atoms with Crippen molar-refractivity contribution in [1.29, 1.82) is 0 Å². The lowest BCUT2D eigenvalue weighted by atomic mass is 9.95. The Morgan fingerprint density at radius 3 is 1.04 bits per heavy atom. The number of rotatable bonds is 32. The van der Waals surface area contributed by atoms with E-state index in [1.54, 1.807) is 0 Å². The summed E-state index contributed by atoms with van der Waals surface area (Å²) in [6, 6.07) is 0.